The van der Waals surface area contributed by atoms with Crippen molar-refractivity contribution in [1.82, 2.24) is 4.98 Å². The number of nitrogens with zero attached hydrogens (tertiary/aromatic N) is 1. The van der Waals surface area contributed by atoms with Crippen molar-refractivity contribution < 1.29 is 23.8 Å². The molecule has 0 aliphatic carbocycles. The SMILES string of the molecule is CCCc1ccc(-c2cc(C(=O)Nc3scc(-c4ccc(OC)c(OC)c4)c3C(=O)OCC)c3ccccc3n2)cc1. The summed E-state index contributed by atoms with van der Waals surface area (Å²) in [6.45, 7) is 4.10. The van der Waals surface area contributed by atoms with Gasteiger partial charge in [0.25, 0.3) is 5.91 Å². The Labute approximate surface area is 249 Å². The fourth-order valence-corrected chi connectivity index (χ4v) is 5.84. The standard InChI is InChI=1S/C34H32N2O5S/c1-5-9-21-12-14-22(15-13-21)28-19-25(24-10-7-8-11-27(24)35-28)32(37)36-33-31(34(38)41-6-2)26(20-42-33)23-16-17-29(39-3)30(18-23)40-4/h7-8,10-20H,5-6,9H2,1-4H3,(H,36,37). The van der Waals surface area contributed by atoms with Gasteiger partial charge in [0.2, 0.25) is 0 Å². The van der Waals surface area contributed by atoms with Gasteiger partial charge in [0.05, 0.1) is 37.6 Å². The summed E-state index contributed by atoms with van der Waals surface area (Å²) in [5.74, 6) is 0.234. The summed E-state index contributed by atoms with van der Waals surface area (Å²) in [6, 6.07) is 23.0. The molecule has 214 valence electrons. The molecule has 8 heteroatoms. The lowest BCUT2D eigenvalue weighted by molar-refractivity contribution is 0.0529. The number of thiophene rings is 1. The molecule has 1 N–H and O–H groups in total. The van der Waals surface area contributed by atoms with Gasteiger partial charge in [0, 0.05) is 21.9 Å². The first-order valence-corrected chi connectivity index (χ1v) is 14.7. The van der Waals surface area contributed by atoms with Crippen molar-refractivity contribution in [3.05, 3.63) is 94.9 Å². The molecule has 5 rings (SSSR count). The minimum Gasteiger partial charge on any atom is -0.493 e. The molecule has 3 aromatic carbocycles. The third-order valence-electron chi connectivity index (χ3n) is 6.94. The molecular weight excluding hydrogens is 548 g/mol. The van der Waals surface area contributed by atoms with Crippen molar-refractivity contribution in [2.24, 2.45) is 0 Å². The monoisotopic (exact) mass is 580 g/mol. The maximum Gasteiger partial charge on any atom is 0.341 e. The van der Waals surface area contributed by atoms with E-state index in [1.165, 1.54) is 16.9 Å². The lowest BCUT2D eigenvalue weighted by Gasteiger charge is -2.13. The van der Waals surface area contributed by atoms with Gasteiger partial charge >= 0.3 is 5.97 Å². The van der Waals surface area contributed by atoms with E-state index < -0.39 is 5.97 Å². The van der Waals surface area contributed by atoms with E-state index in [1.54, 1.807) is 39.3 Å². The number of ether oxygens (including phenoxy) is 3. The number of hydrogen-bond acceptors (Lipinski definition) is 7. The summed E-state index contributed by atoms with van der Waals surface area (Å²) in [7, 11) is 3.12. The molecule has 42 heavy (non-hydrogen) atoms. The summed E-state index contributed by atoms with van der Waals surface area (Å²) < 4.78 is 16.2. The second-order valence-electron chi connectivity index (χ2n) is 9.62. The lowest BCUT2D eigenvalue weighted by atomic mass is 10.0. The highest BCUT2D eigenvalue weighted by atomic mass is 32.1. The van der Waals surface area contributed by atoms with Crippen molar-refractivity contribution in [2.75, 3.05) is 26.1 Å². The molecule has 0 unspecified atom stereocenters. The topological polar surface area (TPSA) is 86.8 Å². The Bertz CT molecular complexity index is 1740. The van der Waals surface area contributed by atoms with Crippen LogP contribution < -0.4 is 14.8 Å². The summed E-state index contributed by atoms with van der Waals surface area (Å²) in [5, 5.41) is 5.95. The maximum atomic E-state index is 13.9. The molecule has 1 amide bonds. The molecule has 0 saturated carbocycles. The van der Waals surface area contributed by atoms with E-state index in [2.05, 4.69) is 24.4 Å². The predicted molar refractivity (Wildman–Crippen MR) is 168 cm³/mol. The number of amides is 1. The Balaban J connectivity index is 1.55. The zero-order valence-electron chi connectivity index (χ0n) is 24.0. The van der Waals surface area contributed by atoms with Crippen molar-refractivity contribution in [3.63, 3.8) is 0 Å². The van der Waals surface area contributed by atoms with Crippen LogP contribution in [0.3, 0.4) is 0 Å². The Morgan fingerprint density at radius 2 is 1.62 bits per heavy atom. The van der Waals surface area contributed by atoms with Crippen LogP contribution in [0.5, 0.6) is 11.5 Å². The minimum absolute atomic E-state index is 0.197. The number of aryl methyl sites for hydroxylation is 1. The number of hydrogen-bond donors (Lipinski definition) is 1. The molecule has 5 aromatic rings. The van der Waals surface area contributed by atoms with Crippen LogP contribution in [-0.2, 0) is 11.2 Å². The number of methoxy groups -OCH3 is 2. The molecule has 2 heterocycles. The number of carbonyl (C=O) groups is 2. The van der Waals surface area contributed by atoms with Gasteiger partial charge in [0.15, 0.2) is 11.5 Å². The summed E-state index contributed by atoms with van der Waals surface area (Å²) in [5.41, 5.74) is 5.70. The van der Waals surface area contributed by atoms with Crippen LogP contribution in [0.25, 0.3) is 33.3 Å². The summed E-state index contributed by atoms with van der Waals surface area (Å²) in [4.78, 5) is 31.9. The van der Waals surface area contributed by atoms with E-state index in [1.807, 2.05) is 47.8 Å². The summed E-state index contributed by atoms with van der Waals surface area (Å²) >= 11 is 1.26. The number of nitrogens with one attached hydrogen (secondary N) is 1. The van der Waals surface area contributed by atoms with E-state index in [9.17, 15) is 9.59 Å². The minimum atomic E-state index is -0.522. The molecule has 0 saturated heterocycles. The van der Waals surface area contributed by atoms with E-state index in [0.717, 1.165) is 29.4 Å². The quantitative estimate of drug-likeness (QED) is 0.168. The van der Waals surface area contributed by atoms with Gasteiger partial charge in [-0.3, -0.25) is 4.79 Å². The molecular formula is C34H32N2O5S. The Morgan fingerprint density at radius 1 is 0.881 bits per heavy atom. The van der Waals surface area contributed by atoms with Crippen LogP contribution >= 0.6 is 11.3 Å². The number of benzene rings is 3. The van der Waals surface area contributed by atoms with Gasteiger partial charge in [-0.15, -0.1) is 11.3 Å². The fourth-order valence-electron chi connectivity index (χ4n) is 4.88. The number of aromatic nitrogens is 1. The number of para-hydroxylation sites is 1. The fraction of sp³-hybridized carbons (Fsp3) is 0.206. The number of fused-ring (bicyclic) bond motifs is 1. The molecule has 0 atom stereocenters. The summed E-state index contributed by atoms with van der Waals surface area (Å²) in [6.07, 6.45) is 2.08. The van der Waals surface area contributed by atoms with Crippen LogP contribution in [-0.4, -0.2) is 37.7 Å². The maximum absolute atomic E-state index is 13.9. The molecule has 0 spiro atoms. The second kappa shape index (κ2) is 12.9. The van der Waals surface area contributed by atoms with Crippen molar-refractivity contribution >= 4 is 39.1 Å². The van der Waals surface area contributed by atoms with Crippen LogP contribution in [0.2, 0.25) is 0 Å². The van der Waals surface area contributed by atoms with Crippen LogP contribution in [0.1, 0.15) is 46.5 Å². The average Bonchev–Trinajstić information content (AvgIpc) is 3.44. The van der Waals surface area contributed by atoms with Gasteiger partial charge < -0.3 is 19.5 Å². The number of rotatable bonds is 10. The molecule has 0 fully saturated rings. The number of anilines is 1. The third kappa shape index (κ3) is 5.85. The Hall–Kier alpha value is -4.69. The van der Waals surface area contributed by atoms with Crippen LogP contribution in [0.15, 0.2) is 78.2 Å². The second-order valence-corrected chi connectivity index (χ2v) is 10.5. The third-order valence-corrected chi connectivity index (χ3v) is 7.84. The first kappa shape index (κ1) is 28.8. The lowest BCUT2D eigenvalue weighted by Crippen LogP contribution is -2.15. The number of carbonyl (C=O) groups excluding carboxylic acids is 2. The zero-order chi connectivity index (χ0) is 29.6. The van der Waals surface area contributed by atoms with Crippen molar-refractivity contribution in [1.29, 1.82) is 0 Å². The molecule has 0 bridgehead atoms. The first-order chi connectivity index (χ1) is 20.5. The van der Waals surface area contributed by atoms with Crippen molar-refractivity contribution in [2.45, 2.75) is 26.7 Å². The normalized spacial score (nSPS) is 10.9. The van der Waals surface area contributed by atoms with E-state index in [-0.39, 0.29) is 18.1 Å². The van der Waals surface area contributed by atoms with Gasteiger partial charge in [-0.2, -0.15) is 0 Å². The van der Waals surface area contributed by atoms with Gasteiger partial charge in [0.1, 0.15) is 10.6 Å². The molecule has 7 nitrogen and oxygen atoms in total. The van der Waals surface area contributed by atoms with Gasteiger partial charge in [-0.1, -0.05) is 61.9 Å². The highest BCUT2D eigenvalue weighted by molar-refractivity contribution is 7.15. The zero-order valence-corrected chi connectivity index (χ0v) is 24.8. The van der Waals surface area contributed by atoms with Crippen LogP contribution in [0, 0.1) is 0 Å². The Morgan fingerprint density at radius 3 is 2.33 bits per heavy atom. The Kier molecular flexibility index (Phi) is 8.83. The van der Waals surface area contributed by atoms with E-state index in [0.29, 0.717) is 38.8 Å². The molecule has 0 aliphatic rings. The molecule has 0 radical (unpaired) electrons. The average molecular weight is 581 g/mol. The highest BCUT2D eigenvalue weighted by Gasteiger charge is 2.25. The van der Waals surface area contributed by atoms with E-state index >= 15 is 0 Å². The number of esters is 1. The largest absolute Gasteiger partial charge is 0.493 e. The highest BCUT2D eigenvalue weighted by Crippen LogP contribution is 2.40. The van der Waals surface area contributed by atoms with Gasteiger partial charge in [-0.25, -0.2) is 9.78 Å². The molecule has 2 aromatic heterocycles. The first-order valence-electron chi connectivity index (χ1n) is 13.8. The number of pyridine rings is 1. The van der Waals surface area contributed by atoms with Crippen LogP contribution in [0.4, 0.5) is 5.00 Å². The van der Waals surface area contributed by atoms with Crippen molar-refractivity contribution in [3.8, 4) is 33.9 Å². The van der Waals surface area contributed by atoms with E-state index in [4.69, 9.17) is 19.2 Å². The predicted octanol–water partition coefficient (Wildman–Crippen LogP) is 8.03. The molecule has 0 aliphatic heterocycles. The van der Waals surface area contributed by atoms with Gasteiger partial charge in [-0.05, 0) is 48.7 Å². The smallest absolute Gasteiger partial charge is 0.341 e.